The third-order valence-corrected chi connectivity index (χ3v) is 5.96. The van der Waals surface area contributed by atoms with Crippen LogP contribution in [0.1, 0.15) is 59.9 Å². The second kappa shape index (κ2) is 12.1. The van der Waals surface area contributed by atoms with Gasteiger partial charge in [0.25, 0.3) is 0 Å². The third kappa shape index (κ3) is 8.86. The van der Waals surface area contributed by atoms with Crippen molar-refractivity contribution < 1.29 is 4.79 Å². The largest absolute Gasteiger partial charge is 0.378 e. The minimum Gasteiger partial charge on any atom is -0.378 e. The smallest absolute Gasteiger partial charge is 0.217 e. The normalized spacial score (nSPS) is 20.8. The number of amides is 1. The van der Waals surface area contributed by atoms with E-state index < -0.39 is 0 Å². The molecule has 4 nitrogen and oxygen atoms in total. The Hall–Kier alpha value is -1.88. The number of nitrogens with zero attached hydrogens (tertiary/aromatic N) is 1. The number of benzene rings is 1. The van der Waals surface area contributed by atoms with Crippen LogP contribution in [-0.2, 0) is 11.2 Å². The minimum atomic E-state index is -0.211. The number of carbonyl (C=O) groups excluding carboxylic acids is 1. The minimum absolute atomic E-state index is 0.211. The summed E-state index contributed by atoms with van der Waals surface area (Å²) >= 11 is 2.04. The Morgan fingerprint density at radius 3 is 2.33 bits per heavy atom. The number of hydrogen-bond acceptors (Lipinski definition) is 4. The van der Waals surface area contributed by atoms with Gasteiger partial charge in [0, 0.05) is 35.5 Å². The Morgan fingerprint density at radius 2 is 1.87 bits per heavy atom. The van der Waals surface area contributed by atoms with E-state index in [0.29, 0.717) is 22.6 Å². The zero-order valence-electron chi connectivity index (χ0n) is 19.7. The lowest BCUT2D eigenvalue weighted by Crippen LogP contribution is -2.59. The van der Waals surface area contributed by atoms with Gasteiger partial charge in [0.15, 0.2) is 0 Å². The fourth-order valence-corrected chi connectivity index (χ4v) is 4.78. The van der Waals surface area contributed by atoms with Gasteiger partial charge < -0.3 is 16.0 Å². The van der Waals surface area contributed by atoms with E-state index in [-0.39, 0.29) is 5.91 Å². The van der Waals surface area contributed by atoms with Gasteiger partial charge in [-0.15, -0.1) is 11.8 Å². The van der Waals surface area contributed by atoms with Crippen LogP contribution in [0.2, 0.25) is 0 Å². The highest BCUT2D eigenvalue weighted by molar-refractivity contribution is 8.01. The van der Waals surface area contributed by atoms with Gasteiger partial charge in [0.1, 0.15) is 5.37 Å². The maximum absolute atomic E-state index is 9.82. The monoisotopic (exact) mass is 431 g/mol. The Labute approximate surface area is 188 Å². The van der Waals surface area contributed by atoms with Crippen LogP contribution in [0.15, 0.2) is 54.9 Å². The number of primary amides is 1. The van der Waals surface area contributed by atoms with E-state index in [2.05, 4.69) is 82.3 Å². The van der Waals surface area contributed by atoms with Crippen molar-refractivity contribution in [3.05, 3.63) is 60.4 Å². The molecule has 0 radical (unpaired) electrons. The molecule has 3 N–H and O–H groups in total. The quantitative estimate of drug-likeness (QED) is 0.640. The molecule has 1 aromatic carbocycles. The molecule has 2 heterocycles. The van der Waals surface area contributed by atoms with Crippen molar-refractivity contribution in [3.63, 3.8) is 0 Å². The first-order valence-electron chi connectivity index (χ1n) is 10.9. The van der Waals surface area contributed by atoms with Crippen molar-refractivity contribution in [2.45, 2.75) is 77.0 Å². The van der Waals surface area contributed by atoms with E-state index in [0.717, 1.165) is 31.0 Å². The fraction of sp³-hybridized carbons (Fsp3) is 0.560. The van der Waals surface area contributed by atoms with Gasteiger partial charge in [0.05, 0.1) is 6.04 Å². The van der Waals surface area contributed by atoms with Gasteiger partial charge in [-0.2, -0.15) is 0 Å². The number of carbonyl (C=O) groups is 1. The van der Waals surface area contributed by atoms with Crippen molar-refractivity contribution in [3.8, 4) is 0 Å². The molecule has 0 spiro atoms. The topological polar surface area (TPSA) is 58.4 Å². The summed E-state index contributed by atoms with van der Waals surface area (Å²) in [6.45, 7) is 22.5. The summed E-state index contributed by atoms with van der Waals surface area (Å²) < 4.78 is 0.324. The van der Waals surface area contributed by atoms with E-state index in [1.165, 1.54) is 11.3 Å². The zero-order valence-corrected chi connectivity index (χ0v) is 20.5. The molecule has 0 aliphatic carbocycles. The first-order valence-corrected chi connectivity index (χ1v) is 11.7. The van der Waals surface area contributed by atoms with Crippen molar-refractivity contribution >= 4 is 17.7 Å². The van der Waals surface area contributed by atoms with Crippen LogP contribution in [0, 0.1) is 5.92 Å². The molecule has 30 heavy (non-hydrogen) atoms. The molecule has 2 atom stereocenters. The van der Waals surface area contributed by atoms with Gasteiger partial charge >= 0.3 is 0 Å². The molecule has 1 aromatic rings. The van der Waals surface area contributed by atoms with E-state index in [9.17, 15) is 4.79 Å². The van der Waals surface area contributed by atoms with Gasteiger partial charge in [-0.1, -0.05) is 71.2 Å². The van der Waals surface area contributed by atoms with E-state index in [1.54, 1.807) is 0 Å². The summed E-state index contributed by atoms with van der Waals surface area (Å²) in [5.74, 6) is 0.623. The Bertz CT molecular complexity index is 697. The maximum Gasteiger partial charge on any atom is 0.217 e. The summed E-state index contributed by atoms with van der Waals surface area (Å²) in [6, 6.07) is 10.8. The Morgan fingerprint density at radius 1 is 1.30 bits per heavy atom. The van der Waals surface area contributed by atoms with Crippen LogP contribution in [0.25, 0.3) is 0 Å². The molecule has 0 bridgehead atoms. The number of thioether (sulfide) groups is 1. The molecule has 0 saturated carbocycles. The van der Waals surface area contributed by atoms with Crippen LogP contribution in [0.3, 0.4) is 0 Å². The zero-order chi connectivity index (χ0) is 22.9. The molecule has 3 rings (SSSR count). The van der Waals surface area contributed by atoms with Crippen LogP contribution in [-0.4, -0.2) is 33.5 Å². The second-order valence-electron chi connectivity index (χ2n) is 9.22. The van der Waals surface area contributed by atoms with Crippen LogP contribution in [0.4, 0.5) is 0 Å². The first kappa shape index (κ1) is 26.2. The predicted molar refractivity (Wildman–Crippen MR) is 132 cm³/mol. The highest BCUT2D eigenvalue weighted by Gasteiger charge is 2.52. The van der Waals surface area contributed by atoms with Gasteiger partial charge in [-0.05, 0) is 31.7 Å². The van der Waals surface area contributed by atoms with Crippen LogP contribution in [0.5, 0.6) is 0 Å². The van der Waals surface area contributed by atoms with E-state index >= 15 is 0 Å². The number of nitrogens with one attached hydrogen (secondary N) is 1. The van der Waals surface area contributed by atoms with Gasteiger partial charge in [0.2, 0.25) is 5.91 Å². The van der Waals surface area contributed by atoms with Crippen molar-refractivity contribution in [2.75, 3.05) is 6.54 Å². The summed E-state index contributed by atoms with van der Waals surface area (Å²) in [5, 5.41) is 4.09. The molecule has 2 saturated heterocycles. The lowest BCUT2D eigenvalue weighted by molar-refractivity contribution is -0.118. The molecule has 2 aliphatic rings. The second-order valence-corrected chi connectivity index (χ2v) is 11.0. The van der Waals surface area contributed by atoms with Crippen LogP contribution < -0.4 is 11.1 Å². The highest BCUT2D eigenvalue weighted by Crippen LogP contribution is 2.50. The van der Waals surface area contributed by atoms with Crippen molar-refractivity contribution in [1.82, 2.24) is 10.2 Å². The molecule has 168 valence electrons. The lowest BCUT2D eigenvalue weighted by Gasteiger charge is -2.47. The average molecular weight is 432 g/mol. The summed E-state index contributed by atoms with van der Waals surface area (Å²) in [4.78, 5) is 12.2. The van der Waals surface area contributed by atoms with E-state index in [4.69, 9.17) is 5.73 Å². The number of hydrogen-bond donors (Lipinski definition) is 2. The number of fused-ring (bicyclic) bond motifs is 1. The molecular formula is C25H41N3OS. The van der Waals surface area contributed by atoms with E-state index in [1.807, 2.05) is 24.8 Å². The molecule has 2 unspecified atom stereocenters. The molecular weight excluding hydrogens is 390 g/mol. The fourth-order valence-electron chi connectivity index (χ4n) is 3.22. The molecule has 5 heteroatoms. The number of nitrogens with two attached hydrogens (primary N) is 1. The molecule has 1 amide bonds. The standard InChI is InChI=1S/C17H22N2S.C4H9NO.C4H10/c1-12(10-14-8-6-5-7-9-14)18-15-13(2)19-11-17(3,4)20-16(15)19;1-2-3-4(5)6;1-4(2)3/h5-9,15-16,18H,1-2,10-11H2,3-4H3;2-3H2,1H3,(H2,5,6);4H,1-3H3. The SMILES string of the molecule is C=C(Cc1ccccc1)NC1C(=C)N2CC(C)(C)SC12.CC(C)C.CCCC(N)=O. The Balaban J connectivity index is 0.000000379. The predicted octanol–water partition coefficient (Wildman–Crippen LogP) is 5.32. The Kier molecular flexibility index (Phi) is 10.5. The maximum atomic E-state index is 9.82. The molecule has 2 aliphatic heterocycles. The van der Waals surface area contributed by atoms with Crippen molar-refractivity contribution in [2.24, 2.45) is 11.7 Å². The van der Waals surface area contributed by atoms with Gasteiger partial charge in [-0.25, -0.2) is 0 Å². The first-order chi connectivity index (χ1) is 14.0. The lowest BCUT2D eigenvalue weighted by atomic mass is 10.0. The van der Waals surface area contributed by atoms with Crippen LogP contribution >= 0.6 is 11.8 Å². The number of allylic oxidation sites excluding steroid dienone is 1. The van der Waals surface area contributed by atoms with Gasteiger partial charge in [-0.3, -0.25) is 4.79 Å². The summed E-state index contributed by atoms with van der Waals surface area (Å²) in [7, 11) is 0. The molecule has 2 fully saturated rings. The highest BCUT2D eigenvalue weighted by atomic mass is 32.2. The third-order valence-electron chi connectivity index (χ3n) is 4.43. The average Bonchev–Trinajstić information content (AvgIpc) is 2.93. The number of rotatable bonds is 6. The van der Waals surface area contributed by atoms with Crippen molar-refractivity contribution in [1.29, 1.82) is 0 Å². The summed E-state index contributed by atoms with van der Waals surface area (Å²) in [5.41, 5.74) is 8.35. The summed E-state index contributed by atoms with van der Waals surface area (Å²) in [6.07, 6.45) is 2.25. The molecule has 0 aromatic heterocycles.